The van der Waals surface area contributed by atoms with Crippen LogP contribution in [0.5, 0.6) is 0 Å². The van der Waals surface area contributed by atoms with Crippen molar-refractivity contribution in [1.82, 2.24) is 9.38 Å². The number of rotatable bonds is 1. The third kappa shape index (κ3) is 1.78. The summed E-state index contributed by atoms with van der Waals surface area (Å²) in [7, 11) is 0. The van der Waals surface area contributed by atoms with E-state index in [0.29, 0.717) is 0 Å². The minimum absolute atomic E-state index is 0.636. The first-order valence-electron chi connectivity index (χ1n) is 5.14. The van der Waals surface area contributed by atoms with E-state index in [1.807, 2.05) is 9.78 Å². The van der Waals surface area contributed by atoms with Crippen LogP contribution in [0.25, 0.3) is 16.2 Å². The number of alkyl halides is 3. The van der Waals surface area contributed by atoms with E-state index in [1.165, 1.54) is 23.5 Å². The number of aromatic nitrogens is 2. The Morgan fingerprint density at radius 1 is 1.11 bits per heavy atom. The highest BCUT2D eigenvalue weighted by Gasteiger charge is 2.30. The van der Waals surface area contributed by atoms with Gasteiger partial charge in [-0.2, -0.15) is 13.2 Å². The van der Waals surface area contributed by atoms with Crippen molar-refractivity contribution in [3.63, 3.8) is 0 Å². The zero-order valence-corrected chi connectivity index (χ0v) is 9.79. The van der Waals surface area contributed by atoms with Crippen LogP contribution >= 0.6 is 11.3 Å². The van der Waals surface area contributed by atoms with Gasteiger partial charge in [0.25, 0.3) is 0 Å². The van der Waals surface area contributed by atoms with Crippen LogP contribution in [0.4, 0.5) is 13.2 Å². The normalized spacial score (nSPS) is 12.2. The lowest BCUT2D eigenvalue weighted by molar-refractivity contribution is -0.137. The van der Waals surface area contributed by atoms with Crippen molar-refractivity contribution in [2.75, 3.05) is 0 Å². The molecule has 0 aliphatic carbocycles. The third-order valence-corrected chi connectivity index (χ3v) is 3.50. The number of imidazole rings is 1. The molecule has 0 fully saturated rings. The Bertz CT molecular complexity index is 679. The Balaban J connectivity index is 2.06. The van der Waals surface area contributed by atoms with Gasteiger partial charge in [-0.1, -0.05) is 12.1 Å². The summed E-state index contributed by atoms with van der Waals surface area (Å²) < 4.78 is 39.2. The Hall–Kier alpha value is -1.82. The van der Waals surface area contributed by atoms with Crippen LogP contribution in [-0.2, 0) is 6.18 Å². The molecule has 0 spiro atoms. The van der Waals surface area contributed by atoms with Crippen LogP contribution in [0.15, 0.2) is 42.0 Å². The summed E-state index contributed by atoms with van der Waals surface area (Å²) in [6.07, 6.45) is -0.838. The van der Waals surface area contributed by atoms with Crippen LogP contribution in [0, 0.1) is 0 Å². The lowest BCUT2D eigenvalue weighted by Gasteiger charge is -2.07. The van der Waals surface area contributed by atoms with E-state index in [0.717, 1.165) is 28.4 Å². The Morgan fingerprint density at radius 2 is 1.83 bits per heavy atom. The number of benzene rings is 1. The summed E-state index contributed by atoms with van der Waals surface area (Å²) in [5.74, 6) is 0. The van der Waals surface area contributed by atoms with Crippen molar-refractivity contribution in [2.24, 2.45) is 0 Å². The smallest absolute Gasteiger partial charge is 0.290 e. The molecule has 0 aliphatic heterocycles. The molecule has 3 rings (SSSR count). The third-order valence-electron chi connectivity index (χ3n) is 2.65. The predicted molar refractivity (Wildman–Crippen MR) is 63.5 cm³/mol. The molecule has 0 bridgehead atoms. The molecule has 0 aliphatic rings. The molecular formula is C12H7F3N2S. The molecule has 3 aromatic rings. The van der Waals surface area contributed by atoms with Crippen molar-refractivity contribution >= 4 is 16.3 Å². The van der Waals surface area contributed by atoms with Gasteiger partial charge >= 0.3 is 6.18 Å². The van der Waals surface area contributed by atoms with E-state index in [2.05, 4.69) is 4.98 Å². The number of fused-ring (bicyclic) bond motifs is 1. The fourth-order valence-electron chi connectivity index (χ4n) is 1.76. The second-order valence-corrected chi connectivity index (χ2v) is 4.61. The molecule has 6 heteroatoms. The largest absolute Gasteiger partial charge is 0.416 e. The summed E-state index contributed by atoms with van der Waals surface area (Å²) in [6, 6.07) is 5.14. The van der Waals surface area contributed by atoms with Gasteiger partial charge < -0.3 is 0 Å². The molecule has 0 atom stereocenters. The molecule has 0 N–H and O–H groups in total. The highest BCUT2D eigenvalue weighted by molar-refractivity contribution is 7.15. The van der Waals surface area contributed by atoms with Gasteiger partial charge in [0.05, 0.1) is 11.3 Å². The predicted octanol–water partition coefficient (Wildman–Crippen LogP) is 4.08. The summed E-state index contributed by atoms with van der Waals surface area (Å²) in [5.41, 5.74) is 0.955. The van der Waals surface area contributed by atoms with Crippen LogP contribution in [-0.4, -0.2) is 9.38 Å². The van der Waals surface area contributed by atoms with Gasteiger partial charge in [0.15, 0.2) is 4.96 Å². The lowest BCUT2D eigenvalue weighted by Crippen LogP contribution is -2.04. The minimum Gasteiger partial charge on any atom is -0.290 e. The maximum atomic E-state index is 12.5. The van der Waals surface area contributed by atoms with Crippen molar-refractivity contribution in [3.05, 3.63) is 47.6 Å². The van der Waals surface area contributed by atoms with Crippen LogP contribution < -0.4 is 0 Å². The number of hydrogen-bond acceptors (Lipinski definition) is 2. The number of thiazole rings is 1. The zero-order valence-electron chi connectivity index (χ0n) is 8.98. The van der Waals surface area contributed by atoms with E-state index >= 15 is 0 Å². The molecular weight excluding hydrogens is 261 g/mol. The van der Waals surface area contributed by atoms with Gasteiger partial charge in [0, 0.05) is 17.8 Å². The summed E-state index contributed by atoms with van der Waals surface area (Å²) >= 11 is 1.45. The van der Waals surface area contributed by atoms with Gasteiger partial charge in [-0.25, -0.2) is 4.98 Å². The lowest BCUT2D eigenvalue weighted by atomic mass is 10.1. The van der Waals surface area contributed by atoms with Gasteiger partial charge in [0.2, 0.25) is 0 Å². The number of halogens is 3. The summed E-state index contributed by atoms with van der Waals surface area (Å²) in [6.45, 7) is 0. The van der Waals surface area contributed by atoms with Crippen molar-refractivity contribution in [2.45, 2.75) is 6.18 Å². The van der Waals surface area contributed by atoms with Gasteiger partial charge in [0.1, 0.15) is 0 Å². The van der Waals surface area contributed by atoms with E-state index in [-0.39, 0.29) is 0 Å². The monoisotopic (exact) mass is 268 g/mol. The molecule has 2 nitrogen and oxygen atoms in total. The van der Waals surface area contributed by atoms with Crippen molar-refractivity contribution in [1.29, 1.82) is 0 Å². The molecule has 0 saturated carbocycles. The quantitative estimate of drug-likeness (QED) is 0.650. The van der Waals surface area contributed by atoms with E-state index < -0.39 is 11.7 Å². The van der Waals surface area contributed by atoms with Crippen LogP contribution in [0.2, 0.25) is 0 Å². The molecule has 0 amide bonds. The van der Waals surface area contributed by atoms with E-state index in [4.69, 9.17) is 0 Å². The second-order valence-electron chi connectivity index (χ2n) is 3.78. The topological polar surface area (TPSA) is 17.3 Å². The fourth-order valence-corrected chi connectivity index (χ4v) is 2.62. The SMILES string of the molecule is FC(F)(F)c1ccc(-c2csc3nccn23)cc1. The molecule has 0 unspecified atom stereocenters. The molecule has 0 saturated heterocycles. The fraction of sp³-hybridized carbons (Fsp3) is 0.0833. The maximum Gasteiger partial charge on any atom is 0.416 e. The second kappa shape index (κ2) is 3.84. The Labute approximate surface area is 104 Å². The van der Waals surface area contributed by atoms with E-state index in [9.17, 15) is 13.2 Å². The zero-order chi connectivity index (χ0) is 12.8. The van der Waals surface area contributed by atoms with Crippen LogP contribution in [0.1, 0.15) is 5.56 Å². The summed E-state index contributed by atoms with van der Waals surface area (Å²) in [4.78, 5) is 4.95. The van der Waals surface area contributed by atoms with Gasteiger partial charge in [-0.05, 0) is 17.7 Å². The molecule has 2 aromatic heterocycles. The maximum absolute atomic E-state index is 12.5. The van der Waals surface area contributed by atoms with Crippen LogP contribution in [0.3, 0.4) is 0 Å². The highest BCUT2D eigenvalue weighted by Crippen LogP contribution is 2.31. The van der Waals surface area contributed by atoms with Crippen molar-refractivity contribution < 1.29 is 13.2 Å². The van der Waals surface area contributed by atoms with Crippen molar-refractivity contribution in [3.8, 4) is 11.3 Å². The molecule has 92 valence electrons. The summed E-state index contributed by atoms with van der Waals surface area (Å²) in [5, 5.41) is 1.88. The molecule has 18 heavy (non-hydrogen) atoms. The van der Waals surface area contributed by atoms with Gasteiger partial charge in [-0.15, -0.1) is 11.3 Å². The Kier molecular flexibility index (Phi) is 2.41. The Morgan fingerprint density at radius 3 is 2.50 bits per heavy atom. The number of nitrogens with zero attached hydrogens (tertiary/aromatic N) is 2. The minimum atomic E-state index is -4.29. The molecule has 0 radical (unpaired) electrons. The van der Waals surface area contributed by atoms with E-state index in [1.54, 1.807) is 12.4 Å². The number of hydrogen-bond donors (Lipinski definition) is 0. The first kappa shape index (κ1) is 11.3. The average Bonchev–Trinajstić information content (AvgIpc) is 2.89. The molecule has 1 aromatic carbocycles. The first-order chi connectivity index (χ1) is 8.55. The van der Waals surface area contributed by atoms with Gasteiger partial charge in [-0.3, -0.25) is 4.40 Å². The molecule has 2 heterocycles. The highest BCUT2D eigenvalue weighted by atomic mass is 32.1. The standard InChI is InChI=1S/C12H7F3N2S/c13-12(14,15)9-3-1-8(2-4-9)10-7-18-11-16-5-6-17(10)11/h1-7H. The average molecular weight is 268 g/mol. The first-order valence-corrected chi connectivity index (χ1v) is 6.02.